The van der Waals surface area contributed by atoms with Crippen molar-refractivity contribution in [2.45, 2.75) is 12.3 Å². The van der Waals surface area contributed by atoms with Gasteiger partial charge in [-0.15, -0.1) is 0 Å². The Morgan fingerprint density at radius 3 is 2.55 bits per heavy atom. The number of carbonyl (C=O) groups is 1. The van der Waals surface area contributed by atoms with Crippen molar-refractivity contribution in [3.8, 4) is 11.5 Å². The van der Waals surface area contributed by atoms with Crippen molar-refractivity contribution >= 4 is 5.97 Å². The Morgan fingerprint density at radius 1 is 1.30 bits per heavy atom. The van der Waals surface area contributed by atoms with Crippen LogP contribution in [-0.4, -0.2) is 37.1 Å². The quantitative estimate of drug-likeness (QED) is 0.921. The number of aliphatic carboxylic acids is 1. The van der Waals surface area contributed by atoms with Gasteiger partial charge in [-0.2, -0.15) is 13.2 Å². The standard InChI is InChI=1S/C12H11F3O5/c13-12(14,15)11(20-6-10(16)17)7-1-2-8-9(5-7)19-4-3-18-8/h1-2,5,11H,3-4,6H2,(H,16,17)/t11-/m0/s1. The molecule has 0 aromatic heterocycles. The molecule has 0 unspecified atom stereocenters. The summed E-state index contributed by atoms with van der Waals surface area (Å²) in [6.07, 6.45) is -7.05. The minimum Gasteiger partial charge on any atom is -0.486 e. The summed E-state index contributed by atoms with van der Waals surface area (Å²) in [6, 6.07) is 3.66. The molecule has 1 aliphatic heterocycles. The third-order valence-corrected chi connectivity index (χ3v) is 2.54. The van der Waals surface area contributed by atoms with Crippen LogP contribution in [0.1, 0.15) is 11.7 Å². The minimum absolute atomic E-state index is 0.182. The molecule has 1 N–H and O–H groups in total. The topological polar surface area (TPSA) is 65.0 Å². The molecule has 1 atom stereocenters. The molecule has 0 amide bonds. The van der Waals surface area contributed by atoms with E-state index in [1.807, 2.05) is 0 Å². The van der Waals surface area contributed by atoms with Gasteiger partial charge in [-0.25, -0.2) is 4.79 Å². The van der Waals surface area contributed by atoms with Gasteiger partial charge in [0, 0.05) is 0 Å². The molecule has 0 spiro atoms. The van der Waals surface area contributed by atoms with Gasteiger partial charge in [0.2, 0.25) is 0 Å². The largest absolute Gasteiger partial charge is 0.486 e. The second-order valence-corrected chi connectivity index (χ2v) is 4.03. The molecule has 20 heavy (non-hydrogen) atoms. The lowest BCUT2D eigenvalue weighted by Gasteiger charge is -2.23. The van der Waals surface area contributed by atoms with Crippen molar-refractivity contribution in [2.24, 2.45) is 0 Å². The van der Waals surface area contributed by atoms with E-state index >= 15 is 0 Å². The molecule has 0 saturated heterocycles. The van der Waals surface area contributed by atoms with Crippen LogP contribution in [0.3, 0.4) is 0 Å². The first kappa shape index (κ1) is 14.4. The molecule has 1 aliphatic rings. The zero-order valence-corrected chi connectivity index (χ0v) is 10.1. The lowest BCUT2D eigenvalue weighted by molar-refractivity contribution is -0.225. The van der Waals surface area contributed by atoms with Crippen LogP contribution in [-0.2, 0) is 9.53 Å². The molecule has 1 aromatic rings. The van der Waals surface area contributed by atoms with E-state index in [2.05, 4.69) is 4.74 Å². The van der Waals surface area contributed by atoms with Gasteiger partial charge in [0.1, 0.15) is 19.8 Å². The lowest BCUT2D eigenvalue weighted by atomic mass is 10.1. The maximum atomic E-state index is 12.9. The highest BCUT2D eigenvalue weighted by Gasteiger charge is 2.42. The van der Waals surface area contributed by atoms with Gasteiger partial charge in [-0.3, -0.25) is 0 Å². The van der Waals surface area contributed by atoms with Gasteiger partial charge in [-0.1, -0.05) is 6.07 Å². The zero-order valence-electron chi connectivity index (χ0n) is 10.1. The summed E-state index contributed by atoms with van der Waals surface area (Å²) in [5, 5.41) is 8.43. The number of carboxylic acid groups (broad SMARTS) is 1. The van der Waals surface area contributed by atoms with Gasteiger partial charge >= 0.3 is 12.1 Å². The smallest absolute Gasteiger partial charge is 0.418 e. The molecule has 8 heteroatoms. The number of rotatable bonds is 4. The number of ether oxygens (including phenoxy) is 3. The third-order valence-electron chi connectivity index (χ3n) is 2.54. The first-order chi connectivity index (χ1) is 9.38. The fourth-order valence-corrected chi connectivity index (χ4v) is 1.76. The first-order valence-corrected chi connectivity index (χ1v) is 5.67. The van der Waals surface area contributed by atoms with E-state index < -0.39 is 24.9 Å². The van der Waals surface area contributed by atoms with Crippen molar-refractivity contribution in [1.29, 1.82) is 0 Å². The summed E-state index contributed by atoms with van der Waals surface area (Å²) >= 11 is 0. The van der Waals surface area contributed by atoms with Crippen LogP contribution in [0, 0.1) is 0 Å². The Hall–Kier alpha value is -1.96. The molecule has 5 nitrogen and oxygen atoms in total. The summed E-state index contributed by atoms with van der Waals surface area (Å²) in [6.45, 7) is -0.480. The van der Waals surface area contributed by atoms with Crippen LogP contribution in [0.15, 0.2) is 18.2 Å². The van der Waals surface area contributed by atoms with Crippen molar-refractivity contribution in [2.75, 3.05) is 19.8 Å². The van der Waals surface area contributed by atoms with E-state index in [1.54, 1.807) is 0 Å². The summed E-state index contributed by atoms with van der Waals surface area (Å²) in [5.41, 5.74) is -0.233. The number of benzene rings is 1. The van der Waals surface area contributed by atoms with Crippen molar-refractivity contribution in [3.63, 3.8) is 0 Å². The molecule has 1 heterocycles. The highest BCUT2D eigenvalue weighted by atomic mass is 19.4. The van der Waals surface area contributed by atoms with Crippen molar-refractivity contribution in [1.82, 2.24) is 0 Å². The summed E-state index contributed by atoms with van der Waals surface area (Å²) in [7, 11) is 0. The van der Waals surface area contributed by atoms with E-state index in [0.717, 1.165) is 6.07 Å². The fraction of sp³-hybridized carbons (Fsp3) is 0.417. The maximum absolute atomic E-state index is 12.9. The van der Waals surface area contributed by atoms with Crippen molar-refractivity contribution < 1.29 is 37.3 Å². The molecule has 0 bridgehead atoms. The van der Waals surface area contributed by atoms with E-state index in [9.17, 15) is 18.0 Å². The Kier molecular flexibility index (Phi) is 4.03. The molecule has 110 valence electrons. The number of hydrogen-bond donors (Lipinski definition) is 1. The van der Waals surface area contributed by atoms with Gasteiger partial charge in [0.25, 0.3) is 0 Å². The number of hydrogen-bond acceptors (Lipinski definition) is 4. The highest BCUT2D eigenvalue weighted by molar-refractivity contribution is 5.68. The Morgan fingerprint density at radius 2 is 1.95 bits per heavy atom. The minimum atomic E-state index is -4.72. The molecular weight excluding hydrogens is 281 g/mol. The number of alkyl halides is 3. The van der Waals surface area contributed by atoms with Crippen LogP contribution in [0.4, 0.5) is 13.2 Å². The van der Waals surface area contributed by atoms with Gasteiger partial charge in [-0.05, 0) is 17.7 Å². The van der Waals surface area contributed by atoms with Crippen LogP contribution in [0.5, 0.6) is 11.5 Å². The van der Waals surface area contributed by atoms with Crippen LogP contribution in [0.25, 0.3) is 0 Å². The Bertz CT molecular complexity index is 500. The molecule has 0 fully saturated rings. The summed E-state index contributed by atoms with van der Waals surface area (Å²) in [5.74, 6) is -0.946. The predicted octanol–water partition coefficient (Wildman–Crippen LogP) is 2.16. The summed E-state index contributed by atoms with van der Waals surface area (Å²) in [4.78, 5) is 10.4. The Labute approximate surface area is 111 Å². The second kappa shape index (κ2) is 5.58. The van der Waals surface area contributed by atoms with Gasteiger partial charge in [0.05, 0.1) is 0 Å². The van der Waals surface area contributed by atoms with Crippen molar-refractivity contribution in [3.05, 3.63) is 23.8 Å². The monoisotopic (exact) mass is 292 g/mol. The van der Waals surface area contributed by atoms with Crippen LogP contribution in [0.2, 0.25) is 0 Å². The van der Waals surface area contributed by atoms with E-state index in [1.165, 1.54) is 12.1 Å². The summed E-state index contributed by atoms with van der Waals surface area (Å²) < 4.78 is 53.5. The lowest BCUT2D eigenvalue weighted by Crippen LogP contribution is -2.26. The molecule has 0 aliphatic carbocycles. The average molecular weight is 292 g/mol. The average Bonchev–Trinajstić information content (AvgIpc) is 2.37. The number of fused-ring (bicyclic) bond motifs is 1. The van der Waals surface area contributed by atoms with Crippen LogP contribution < -0.4 is 9.47 Å². The molecule has 0 radical (unpaired) electrons. The van der Waals surface area contributed by atoms with Gasteiger partial charge < -0.3 is 19.3 Å². The van der Waals surface area contributed by atoms with E-state index in [0.29, 0.717) is 12.4 Å². The number of halogens is 3. The molecule has 1 aromatic carbocycles. The first-order valence-electron chi connectivity index (χ1n) is 5.67. The molecule has 0 saturated carbocycles. The van der Waals surface area contributed by atoms with E-state index in [4.69, 9.17) is 14.6 Å². The van der Waals surface area contributed by atoms with Gasteiger partial charge in [0.15, 0.2) is 17.6 Å². The molecular formula is C12H11F3O5. The normalized spacial score (nSPS) is 15.8. The zero-order chi connectivity index (χ0) is 14.8. The van der Waals surface area contributed by atoms with Crippen LogP contribution >= 0.6 is 0 Å². The number of carboxylic acids is 1. The fourth-order valence-electron chi connectivity index (χ4n) is 1.76. The second-order valence-electron chi connectivity index (χ2n) is 4.03. The molecule has 2 rings (SSSR count). The predicted molar refractivity (Wildman–Crippen MR) is 59.8 cm³/mol. The SMILES string of the molecule is O=C(O)CO[C@@H](c1ccc2c(c1)OCCO2)C(F)(F)F. The maximum Gasteiger partial charge on any atom is 0.418 e. The Balaban J connectivity index is 2.26. The third kappa shape index (κ3) is 3.32. The van der Waals surface area contributed by atoms with E-state index in [-0.39, 0.29) is 17.9 Å². The highest BCUT2D eigenvalue weighted by Crippen LogP contribution is 2.40.